The Balaban J connectivity index is 0.000000251. The largest absolute Gasteiger partial charge is 0.505 e. The van der Waals surface area contributed by atoms with E-state index in [2.05, 4.69) is 20.6 Å². The lowest BCUT2D eigenvalue weighted by atomic mass is 10.1. The van der Waals surface area contributed by atoms with Crippen molar-refractivity contribution >= 4 is 56.6 Å². The summed E-state index contributed by atoms with van der Waals surface area (Å²) in [6.07, 6.45) is 0.0193. The molecule has 0 unspecified atom stereocenters. The van der Waals surface area contributed by atoms with Crippen LogP contribution < -0.4 is 20.1 Å². The lowest BCUT2D eigenvalue weighted by Gasteiger charge is -2.13. The molecule has 46 heavy (non-hydrogen) atoms. The number of nitrogens with one attached hydrogen (secondary N) is 2. The molecule has 2 aromatic carbocycles. The van der Waals surface area contributed by atoms with Gasteiger partial charge in [-0.15, -0.1) is 0 Å². The fraction of sp³-hybridized carbons (Fsp3) is 0.375. The van der Waals surface area contributed by atoms with Gasteiger partial charge in [-0.05, 0) is 78.2 Å². The summed E-state index contributed by atoms with van der Waals surface area (Å²) >= 11 is 12.3. The van der Waals surface area contributed by atoms with E-state index in [0.717, 1.165) is 0 Å². The molecule has 0 atom stereocenters. The Labute approximate surface area is 277 Å². The Morgan fingerprint density at radius 2 is 1.17 bits per heavy atom. The Bertz CT molecular complexity index is 1700. The highest BCUT2D eigenvalue weighted by Crippen LogP contribution is 2.36. The standard InChI is InChI=1S/C17H22ClN3O3.C15H17ClN2O4/c1-10(2)24-11-5-6-12-13(9-11)16(18)20-14(15(12)22)17(23)19-7-8-21(3)4;1-8(2)22-9-3-4-10-11(7-9)14(16)18-12(13(10)20)15(21)17-5-6-19/h5-6,9-10,22H,7-8H2,1-4H3,(H,19,23);3-4,7-8,19-20H,5-6H2,1-2H3,(H,17,21). The Hall–Kier alpha value is -4.10. The van der Waals surface area contributed by atoms with Crippen LogP contribution in [0.1, 0.15) is 48.7 Å². The van der Waals surface area contributed by atoms with Gasteiger partial charge in [0.05, 0.1) is 18.8 Å². The van der Waals surface area contributed by atoms with Crippen molar-refractivity contribution in [2.24, 2.45) is 0 Å². The Morgan fingerprint density at radius 1 is 0.761 bits per heavy atom. The third kappa shape index (κ3) is 9.46. The molecule has 2 amide bonds. The number of amides is 2. The third-order valence-corrected chi connectivity index (χ3v) is 6.80. The number of benzene rings is 2. The molecule has 0 spiro atoms. The van der Waals surface area contributed by atoms with Gasteiger partial charge in [0, 0.05) is 41.2 Å². The summed E-state index contributed by atoms with van der Waals surface area (Å²) in [5.74, 6) is -0.274. The maximum Gasteiger partial charge on any atom is 0.273 e. The van der Waals surface area contributed by atoms with Gasteiger partial charge in [-0.2, -0.15) is 0 Å². The number of ether oxygens (including phenoxy) is 2. The van der Waals surface area contributed by atoms with E-state index in [-0.39, 0.29) is 58.6 Å². The molecule has 14 heteroatoms. The first-order valence-corrected chi connectivity index (χ1v) is 15.3. The van der Waals surface area contributed by atoms with Gasteiger partial charge < -0.3 is 40.3 Å². The zero-order valence-corrected chi connectivity index (χ0v) is 28.0. The molecule has 4 aromatic rings. The normalized spacial score (nSPS) is 11.1. The average molecular weight is 677 g/mol. The van der Waals surface area contributed by atoms with Crippen molar-refractivity contribution in [3.8, 4) is 23.0 Å². The molecule has 0 radical (unpaired) electrons. The van der Waals surface area contributed by atoms with Crippen LogP contribution in [0.4, 0.5) is 0 Å². The molecule has 0 aliphatic rings. The smallest absolute Gasteiger partial charge is 0.273 e. The van der Waals surface area contributed by atoms with Gasteiger partial charge in [0.1, 0.15) is 21.8 Å². The monoisotopic (exact) mass is 675 g/mol. The van der Waals surface area contributed by atoms with Crippen molar-refractivity contribution in [2.75, 3.05) is 40.3 Å². The molecule has 2 heterocycles. The van der Waals surface area contributed by atoms with Crippen molar-refractivity contribution < 1.29 is 34.4 Å². The summed E-state index contributed by atoms with van der Waals surface area (Å²) in [5.41, 5.74) is -0.257. The fourth-order valence-electron chi connectivity index (χ4n) is 4.22. The van der Waals surface area contributed by atoms with Gasteiger partial charge in [0.2, 0.25) is 0 Å². The number of hydrogen-bond acceptors (Lipinski definition) is 10. The number of nitrogens with zero attached hydrogens (tertiary/aromatic N) is 3. The zero-order chi connectivity index (χ0) is 34.1. The number of hydrogen-bond donors (Lipinski definition) is 5. The molecule has 2 aromatic heterocycles. The predicted octanol–water partition coefficient (Wildman–Crippen LogP) is 4.78. The average Bonchev–Trinajstić information content (AvgIpc) is 2.99. The fourth-order valence-corrected chi connectivity index (χ4v) is 4.70. The minimum absolute atomic E-state index is 0.00122. The van der Waals surface area contributed by atoms with E-state index in [4.69, 9.17) is 37.8 Å². The van der Waals surface area contributed by atoms with Crippen molar-refractivity contribution in [1.82, 2.24) is 25.5 Å². The molecule has 0 aliphatic carbocycles. The molecule has 0 saturated carbocycles. The molecule has 5 N–H and O–H groups in total. The van der Waals surface area contributed by atoms with E-state index in [1.807, 2.05) is 46.7 Å². The number of pyridine rings is 2. The summed E-state index contributed by atoms with van der Waals surface area (Å²) < 4.78 is 11.2. The van der Waals surface area contributed by atoms with Crippen LogP contribution in [0.2, 0.25) is 10.3 Å². The Morgan fingerprint density at radius 3 is 1.54 bits per heavy atom. The van der Waals surface area contributed by atoms with Crippen LogP contribution >= 0.6 is 23.2 Å². The number of aliphatic hydroxyl groups is 1. The number of halogens is 2. The molecule has 0 fully saturated rings. The number of rotatable bonds is 11. The summed E-state index contributed by atoms with van der Waals surface area (Å²) in [5, 5.41) is 36.6. The molecule has 0 aliphatic heterocycles. The van der Waals surface area contributed by atoms with Crippen LogP contribution in [-0.4, -0.2) is 94.5 Å². The second kappa shape index (κ2) is 16.5. The number of aromatic hydroxyl groups is 2. The van der Waals surface area contributed by atoms with Crippen LogP contribution in [0, 0.1) is 0 Å². The van der Waals surface area contributed by atoms with E-state index in [0.29, 0.717) is 46.1 Å². The van der Waals surface area contributed by atoms with E-state index < -0.39 is 11.8 Å². The first-order chi connectivity index (χ1) is 21.7. The third-order valence-electron chi connectivity index (χ3n) is 6.22. The summed E-state index contributed by atoms with van der Waals surface area (Å²) in [6.45, 7) is 8.63. The van der Waals surface area contributed by atoms with Crippen molar-refractivity contribution in [2.45, 2.75) is 39.9 Å². The van der Waals surface area contributed by atoms with Crippen LogP contribution in [0.5, 0.6) is 23.0 Å². The first kappa shape index (κ1) is 36.4. The highest BCUT2D eigenvalue weighted by atomic mass is 35.5. The van der Waals surface area contributed by atoms with Gasteiger partial charge >= 0.3 is 0 Å². The number of likely N-dealkylation sites (N-methyl/N-ethyl adjacent to an activating group) is 1. The molecule has 0 bridgehead atoms. The minimum atomic E-state index is -0.599. The number of fused-ring (bicyclic) bond motifs is 2. The number of carbonyl (C=O) groups is 2. The zero-order valence-electron chi connectivity index (χ0n) is 26.5. The molecular formula is C32H39Cl2N5O7. The molecular weight excluding hydrogens is 637 g/mol. The van der Waals surface area contributed by atoms with E-state index in [9.17, 15) is 19.8 Å². The summed E-state index contributed by atoms with van der Waals surface area (Å²) in [6, 6.07) is 10.1. The van der Waals surface area contributed by atoms with Crippen molar-refractivity contribution in [3.05, 3.63) is 58.1 Å². The SMILES string of the molecule is CC(C)Oc1ccc2c(O)c(C(=O)NCCN(C)C)nc(Cl)c2c1.CC(C)Oc1ccc2c(O)c(C(=O)NCCO)nc(Cl)c2c1. The highest BCUT2D eigenvalue weighted by molar-refractivity contribution is 6.35. The summed E-state index contributed by atoms with van der Waals surface area (Å²) in [4.78, 5) is 34.1. The van der Waals surface area contributed by atoms with E-state index in [1.165, 1.54) is 0 Å². The number of aliphatic hydroxyl groups excluding tert-OH is 1. The Kier molecular flexibility index (Phi) is 13.0. The molecule has 4 rings (SSSR count). The second-order valence-electron chi connectivity index (χ2n) is 11.0. The lowest BCUT2D eigenvalue weighted by Crippen LogP contribution is -2.31. The van der Waals surface area contributed by atoms with Crippen molar-refractivity contribution in [1.29, 1.82) is 0 Å². The van der Waals surface area contributed by atoms with Gasteiger partial charge in [0.15, 0.2) is 22.9 Å². The molecule has 0 saturated heterocycles. The first-order valence-electron chi connectivity index (χ1n) is 14.5. The van der Waals surface area contributed by atoms with Crippen molar-refractivity contribution in [3.63, 3.8) is 0 Å². The van der Waals surface area contributed by atoms with Gasteiger partial charge in [-0.25, -0.2) is 9.97 Å². The quantitative estimate of drug-likeness (QED) is 0.140. The molecule has 12 nitrogen and oxygen atoms in total. The maximum atomic E-state index is 12.2. The predicted molar refractivity (Wildman–Crippen MR) is 179 cm³/mol. The van der Waals surface area contributed by atoms with Crippen LogP contribution in [0.25, 0.3) is 21.5 Å². The number of carbonyl (C=O) groups excluding carboxylic acids is 2. The topological polar surface area (TPSA) is 166 Å². The lowest BCUT2D eigenvalue weighted by molar-refractivity contribution is 0.0931. The van der Waals surface area contributed by atoms with Crippen LogP contribution in [-0.2, 0) is 0 Å². The van der Waals surface area contributed by atoms with Gasteiger partial charge in [-0.3, -0.25) is 9.59 Å². The van der Waals surface area contributed by atoms with Gasteiger partial charge in [0.25, 0.3) is 11.8 Å². The maximum absolute atomic E-state index is 12.2. The van der Waals surface area contributed by atoms with E-state index in [1.54, 1.807) is 36.4 Å². The van der Waals surface area contributed by atoms with Crippen LogP contribution in [0.15, 0.2) is 36.4 Å². The number of aromatic nitrogens is 2. The van der Waals surface area contributed by atoms with E-state index >= 15 is 0 Å². The van der Waals surface area contributed by atoms with Gasteiger partial charge in [-0.1, -0.05) is 23.2 Å². The highest BCUT2D eigenvalue weighted by Gasteiger charge is 2.20. The summed E-state index contributed by atoms with van der Waals surface area (Å²) in [7, 11) is 3.82. The molecule has 248 valence electrons. The minimum Gasteiger partial charge on any atom is -0.505 e. The second-order valence-corrected chi connectivity index (χ2v) is 11.7. The van der Waals surface area contributed by atoms with Crippen LogP contribution in [0.3, 0.4) is 0 Å².